The molecule has 21 heavy (non-hydrogen) atoms. The molecule has 2 aliphatic heterocycles. The molecular weight excluding hydrogens is 297 g/mol. The monoisotopic (exact) mass is 320 g/mol. The normalized spacial score (nSPS) is 25.5. The molecule has 120 valence electrons. The predicted molar refractivity (Wildman–Crippen MR) is 80.5 cm³/mol. The van der Waals surface area contributed by atoms with Gasteiger partial charge in [0.05, 0.1) is 6.10 Å². The van der Waals surface area contributed by atoms with E-state index in [0.717, 1.165) is 0 Å². The molecule has 2 aliphatic rings. The molecule has 1 fully saturated rings. The van der Waals surface area contributed by atoms with Gasteiger partial charge in [-0.2, -0.15) is 19.2 Å². The van der Waals surface area contributed by atoms with Crippen molar-refractivity contribution in [1.82, 2.24) is 4.90 Å². The lowest BCUT2D eigenvalue weighted by Crippen LogP contribution is -2.33. The number of nitrogens with zero attached hydrogens (tertiary/aromatic N) is 2. The summed E-state index contributed by atoms with van der Waals surface area (Å²) in [4.78, 5) is 32.0. The number of hydrogen-bond donors (Lipinski definition) is 4. The van der Waals surface area contributed by atoms with Crippen molar-refractivity contribution in [2.75, 3.05) is 6.61 Å². The van der Waals surface area contributed by atoms with Crippen LogP contribution in [0.1, 0.15) is 26.7 Å². The van der Waals surface area contributed by atoms with Crippen LogP contribution in [0.2, 0.25) is 0 Å². The molecule has 0 bridgehead atoms. The molecule has 2 rings (SSSR count). The van der Waals surface area contributed by atoms with Crippen molar-refractivity contribution >= 4 is 14.0 Å². The highest BCUT2D eigenvalue weighted by Crippen LogP contribution is 2.46. The molecule has 0 aromatic carbocycles. The molecule has 2 unspecified atom stereocenters. The zero-order chi connectivity index (χ0) is 16.0. The molecule has 5 N–H and O–H groups in total. The van der Waals surface area contributed by atoms with Gasteiger partial charge in [-0.3, -0.25) is 0 Å². The molecule has 2 atom stereocenters. The van der Waals surface area contributed by atoms with Crippen LogP contribution in [0.15, 0.2) is 29.7 Å². The number of ether oxygens (including phenoxy) is 1. The molecule has 0 saturated carbocycles. The zero-order valence-corrected chi connectivity index (χ0v) is 13.1. The van der Waals surface area contributed by atoms with Crippen molar-refractivity contribution < 1.29 is 23.9 Å². The van der Waals surface area contributed by atoms with Crippen LogP contribution in [0, 0.1) is 0 Å². The first kappa shape index (κ1) is 18.0. The summed E-state index contributed by atoms with van der Waals surface area (Å²) in [5, 5.41) is 0. The Kier molecular flexibility index (Phi) is 6.73. The topological polar surface area (TPSA) is 121 Å². The molecule has 9 heteroatoms. The molecule has 0 aromatic heterocycles. The van der Waals surface area contributed by atoms with Gasteiger partial charge in [0.1, 0.15) is 24.5 Å². The Morgan fingerprint density at radius 3 is 2.71 bits per heavy atom. The number of nitrogens with two attached hydrogens (primary N) is 1. The third kappa shape index (κ3) is 5.70. The van der Waals surface area contributed by atoms with Crippen LogP contribution in [-0.4, -0.2) is 44.4 Å². The van der Waals surface area contributed by atoms with E-state index < -0.39 is 8.17 Å². The van der Waals surface area contributed by atoms with Gasteiger partial charge in [-0.15, -0.1) is 0 Å². The second kappa shape index (κ2) is 7.84. The van der Waals surface area contributed by atoms with Crippen LogP contribution in [0.3, 0.4) is 0 Å². The van der Waals surface area contributed by atoms with Gasteiger partial charge in [0.25, 0.3) is 0 Å². The van der Waals surface area contributed by atoms with E-state index in [2.05, 4.69) is 16.1 Å². The van der Waals surface area contributed by atoms with Crippen LogP contribution in [0.5, 0.6) is 0 Å². The van der Waals surface area contributed by atoms with Gasteiger partial charge in [-0.1, -0.05) is 20.4 Å². The quantitative estimate of drug-likeness (QED) is 0.567. The highest BCUT2D eigenvalue weighted by atomic mass is 31.2. The van der Waals surface area contributed by atoms with E-state index in [1.54, 1.807) is 17.2 Å². The minimum absolute atomic E-state index is 0.0801. The van der Waals surface area contributed by atoms with E-state index in [1.807, 2.05) is 13.8 Å². The fraction of sp³-hybridized carbons (Fsp3) is 0.583. The summed E-state index contributed by atoms with van der Waals surface area (Å²) < 4.78 is 10.2. The molecular formula is C12H23N3O5P+. The molecule has 0 aromatic rings. The van der Waals surface area contributed by atoms with Gasteiger partial charge in [-0.25, -0.2) is 4.99 Å². The first-order valence-electron chi connectivity index (χ1n) is 6.72. The first-order chi connectivity index (χ1) is 9.85. The van der Waals surface area contributed by atoms with Crippen molar-refractivity contribution in [3.8, 4) is 0 Å². The molecule has 0 aliphatic carbocycles. The van der Waals surface area contributed by atoms with Crippen molar-refractivity contribution in [3.63, 3.8) is 0 Å². The minimum atomic E-state index is -4.20. The van der Waals surface area contributed by atoms with E-state index in [-0.39, 0.29) is 18.9 Å². The van der Waals surface area contributed by atoms with E-state index in [0.29, 0.717) is 24.5 Å². The Morgan fingerprint density at radius 2 is 2.14 bits per heavy atom. The summed E-state index contributed by atoms with van der Waals surface area (Å²) >= 11 is 0. The van der Waals surface area contributed by atoms with E-state index >= 15 is 0 Å². The lowest BCUT2D eigenvalue weighted by atomic mass is 10.2. The lowest BCUT2D eigenvalue weighted by molar-refractivity contribution is -0.0413. The Hall–Kier alpha value is -1.02. The van der Waals surface area contributed by atoms with Gasteiger partial charge in [0.15, 0.2) is 0 Å². The summed E-state index contributed by atoms with van der Waals surface area (Å²) in [6, 6.07) is 0. The standard InChI is InChI=1S/C10H17N3O5P.C2H6/c1-7-12-9(11)4-5-13(7)10-3-2-8(18-10)6-17-19(14,15)16;1-2/h4-5,8,10,14-16H,1-3,6H2,(H2,11,12);1-2H3/q+1;. The maximum atomic E-state index is 8.74. The maximum absolute atomic E-state index is 8.74. The Balaban J connectivity index is 0.00000106. The van der Waals surface area contributed by atoms with Crippen molar-refractivity contribution in [3.05, 3.63) is 24.7 Å². The number of aliphatic imine (C=N–C) groups is 1. The fourth-order valence-corrected chi connectivity index (χ4v) is 2.31. The summed E-state index contributed by atoms with van der Waals surface area (Å²) in [6.45, 7) is 7.70. The van der Waals surface area contributed by atoms with Crippen LogP contribution < -0.4 is 5.73 Å². The predicted octanol–water partition coefficient (Wildman–Crippen LogP) is 0.846. The van der Waals surface area contributed by atoms with E-state index in [1.165, 1.54) is 0 Å². The maximum Gasteiger partial charge on any atom is 0.567 e. The largest absolute Gasteiger partial charge is 0.567 e. The summed E-state index contributed by atoms with van der Waals surface area (Å²) in [5.74, 6) is 0.870. The average molecular weight is 320 g/mol. The van der Waals surface area contributed by atoms with Crippen LogP contribution in [0.25, 0.3) is 0 Å². The summed E-state index contributed by atoms with van der Waals surface area (Å²) in [7, 11) is -4.20. The van der Waals surface area contributed by atoms with Gasteiger partial charge < -0.3 is 15.4 Å². The van der Waals surface area contributed by atoms with Crippen LogP contribution in [0.4, 0.5) is 0 Å². The lowest BCUT2D eigenvalue weighted by Gasteiger charge is -2.28. The molecule has 2 heterocycles. The Bertz CT molecular complexity index is 422. The molecule has 1 saturated heterocycles. The summed E-state index contributed by atoms with van der Waals surface area (Å²) in [5.41, 5.74) is 5.54. The second-order valence-corrected chi connectivity index (χ2v) is 5.56. The smallest absolute Gasteiger partial charge is 0.384 e. The van der Waals surface area contributed by atoms with Gasteiger partial charge in [0, 0.05) is 6.20 Å². The Labute approximate surface area is 124 Å². The molecule has 8 nitrogen and oxygen atoms in total. The van der Waals surface area contributed by atoms with Gasteiger partial charge >= 0.3 is 8.17 Å². The van der Waals surface area contributed by atoms with Crippen molar-refractivity contribution in [1.29, 1.82) is 0 Å². The van der Waals surface area contributed by atoms with Crippen molar-refractivity contribution in [2.45, 2.75) is 39.0 Å². The average Bonchev–Trinajstić information content (AvgIpc) is 2.86. The third-order valence-electron chi connectivity index (χ3n) is 2.79. The zero-order valence-electron chi connectivity index (χ0n) is 12.2. The highest BCUT2D eigenvalue weighted by molar-refractivity contribution is 7.53. The van der Waals surface area contributed by atoms with E-state index in [4.69, 9.17) is 25.2 Å². The third-order valence-corrected chi connectivity index (χ3v) is 3.29. The number of hydrogen-bond acceptors (Lipinski definition) is 8. The molecule has 0 spiro atoms. The highest BCUT2D eigenvalue weighted by Gasteiger charge is 2.37. The summed E-state index contributed by atoms with van der Waals surface area (Å²) in [6.07, 6.45) is 4.19. The van der Waals surface area contributed by atoms with Crippen LogP contribution >= 0.6 is 8.17 Å². The van der Waals surface area contributed by atoms with Gasteiger partial charge in [0.2, 0.25) is 0 Å². The fourth-order valence-electron chi connectivity index (χ4n) is 1.95. The van der Waals surface area contributed by atoms with Gasteiger partial charge in [-0.05, 0) is 18.9 Å². The SMILES string of the molecule is C=C1N=C(N)C=CN1C1CCC(CO[P+](O)(O)O)O1.CC. The van der Waals surface area contributed by atoms with Crippen molar-refractivity contribution in [2.24, 2.45) is 10.7 Å². The minimum Gasteiger partial charge on any atom is -0.384 e. The Morgan fingerprint density at radius 1 is 1.48 bits per heavy atom. The number of rotatable bonds is 4. The van der Waals surface area contributed by atoms with Crippen LogP contribution in [-0.2, 0) is 9.26 Å². The number of amidine groups is 1. The van der Waals surface area contributed by atoms with E-state index in [9.17, 15) is 0 Å². The molecule has 0 amide bonds. The first-order valence-corrected chi connectivity index (χ1v) is 8.28. The second-order valence-electron chi connectivity index (χ2n) is 4.28. The molecule has 0 radical (unpaired) electrons.